The average molecular weight is 583 g/mol. The minimum atomic E-state index is -0.563. The number of methoxy groups -OCH3 is 1. The first-order valence-corrected chi connectivity index (χ1v) is 14.7. The maximum atomic E-state index is 13.9. The van der Waals surface area contributed by atoms with Crippen LogP contribution in [0.1, 0.15) is 50.4 Å². The molecule has 0 bridgehead atoms. The maximum absolute atomic E-state index is 13.9. The second kappa shape index (κ2) is 11.7. The molecule has 6 rings (SSSR count). The number of anilines is 2. The van der Waals surface area contributed by atoms with Crippen LogP contribution in [-0.2, 0) is 24.1 Å². The molecular weight excluding hydrogens is 552 g/mol. The molecule has 4 aromatic heterocycles. The highest BCUT2D eigenvalue weighted by Gasteiger charge is 2.27. The first-order valence-electron chi connectivity index (χ1n) is 13.9. The van der Waals surface area contributed by atoms with E-state index >= 15 is 0 Å². The molecule has 0 fully saturated rings. The second-order valence-corrected chi connectivity index (χ2v) is 11.3. The number of thiophene rings is 1. The van der Waals surface area contributed by atoms with Crippen molar-refractivity contribution >= 4 is 50.5 Å². The van der Waals surface area contributed by atoms with Crippen LogP contribution in [0.15, 0.2) is 65.6 Å². The maximum Gasteiger partial charge on any atom is 0.267 e. The number of nitrogens with zero attached hydrogens (tertiary/aromatic N) is 3. The number of pyridine rings is 2. The Balaban J connectivity index is 1.44. The average Bonchev–Trinajstić information content (AvgIpc) is 3.37. The van der Waals surface area contributed by atoms with E-state index in [-0.39, 0.29) is 27.9 Å². The summed E-state index contributed by atoms with van der Waals surface area (Å²) in [4.78, 5) is 46.7. The number of ether oxygens (including phenoxy) is 1. The van der Waals surface area contributed by atoms with E-state index in [4.69, 9.17) is 10.1 Å². The van der Waals surface area contributed by atoms with Gasteiger partial charge in [0.25, 0.3) is 17.4 Å². The monoisotopic (exact) mass is 582 g/mol. The molecule has 1 aromatic carbocycles. The van der Waals surface area contributed by atoms with Crippen LogP contribution in [0.2, 0.25) is 0 Å². The van der Waals surface area contributed by atoms with Gasteiger partial charge in [-0.05, 0) is 68.0 Å². The molecule has 0 atom stereocenters. The molecule has 11 heteroatoms. The zero-order chi connectivity index (χ0) is 29.2. The van der Waals surface area contributed by atoms with Crippen LogP contribution in [0, 0.1) is 5.41 Å². The highest BCUT2D eigenvalue weighted by Crippen LogP contribution is 2.38. The third kappa shape index (κ3) is 5.12. The Morgan fingerprint density at radius 3 is 2.64 bits per heavy atom. The molecule has 4 heterocycles. The minimum Gasteiger partial charge on any atom is -0.385 e. The molecule has 5 aromatic rings. The number of aromatic nitrogens is 3. The van der Waals surface area contributed by atoms with Crippen LogP contribution < -0.4 is 21.7 Å². The summed E-state index contributed by atoms with van der Waals surface area (Å²) in [5.41, 5.74) is 2.48. The van der Waals surface area contributed by atoms with Gasteiger partial charge in [0.15, 0.2) is 0 Å². The van der Waals surface area contributed by atoms with Crippen molar-refractivity contribution < 1.29 is 14.3 Å². The van der Waals surface area contributed by atoms with Crippen molar-refractivity contribution in [3.05, 3.63) is 98.2 Å². The summed E-state index contributed by atoms with van der Waals surface area (Å²) < 4.78 is 8.21. The lowest BCUT2D eigenvalue weighted by Gasteiger charge is -2.15. The summed E-state index contributed by atoms with van der Waals surface area (Å²) in [5, 5.41) is 15.6. The summed E-state index contributed by atoms with van der Waals surface area (Å²) in [6.07, 6.45) is 5.78. The molecule has 0 aliphatic heterocycles. The number of nitrogens with one attached hydrogen (secondary N) is 3. The molecule has 10 nitrogen and oxygen atoms in total. The highest BCUT2D eigenvalue weighted by molar-refractivity contribution is 7.17. The van der Waals surface area contributed by atoms with Crippen molar-refractivity contribution in [3.63, 3.8) is 0 Å². The normalized spacial score (nSPS) is 12.8. The summed E-state index contributed by atoms with van der Waals surface area (Å²) in [6.45, 7) is 0.773. The molecule has 0 saturated heterocycles. The number of aryl methyl sites for hydroxylation is 2. The van der Waals surface area contributed by atoms with Crippen molar-refractivity contribution in [2.45, 2.75) is 38.6 Å². The van der Waals surface area contributed by atoms with Gasteiger partial charge in [-0.2, -0.15) is 0 Å². The fraction of sp³-hybridized carbons (Fsp3) is 0.258. The Hall–Kier alpha value is -4.61. The topological polar surface area (TPSA) is 131 Å². The molecule has 2 amide bonds. The lowest BCUT2D eigenvalue weighted by molar-refractivity contribution is 0.102. The van der Waals surface area contributed by atoms with Crippen LogP contribution in [0.4, 0.5) is 10.7 Å². The first kappa shape index (κ1) is 27.6. The summed E-state index contributed by atoms with van der Waals surface area (Å²) in [7, 11) is 1.60. The predicted octanol–water partition coefficient (Wildman–Crippen LogP) is 4.61. The molecule has 214 valence electrons. The molecule has 0 unspecified atom stereocenters. The lowest BCUT2D eigenvalue weighted by Crippen LogP contribution is -2.32. The van der Waals surface area contributed by atoms with Crippen LogP contribution in [-0.4, -0.2) is 39.5 Å². The fourth-order valence-corrected chi connectivity index (χ4v) is 6.71. The predicted molar refractivity (Wildman–Crippen MR) is 163 cm³/mol. The van der Waals surface area contributed by atoms with Crippen LogP contribution >= 0.6 is 11.3 Å². The Morgan fingerprint density at radius 1 is 1.05 bits per heavy atom. The van der Waals surface area contributed by atoms with Crippen LogP contribution in [0.3, 0.4) is 0 Å². The van der Waals surface area contributed by atoms with Gasteiger partial charge in [-0.25, -0.2) is 4.98 Å². The van der Waals surface area contributed by atoms with Crippen molar-refractivity contribution in [1.82, 2.24) is 14.0 Å². The molecule has 0 saturated carbocycles. The number of amides is 2. The van der Waals surface area contributed by atoms with E-state index in [0.29, 0.717) is 47.1 Å². The van der Waals surface area contributed by atoms with E-state index in [1.54, 1.807) is 36.1 Å². The largest absolute Gasteiger partial charge is 0.385 e. The SMILES string of the molecule is COCCCn1c(=N)c(C(=O)Nc2sc3c(c2C(=O)Nc2ccccc2)CCCC3)cc2c(=O)n3ccccc3nc21. The van der Waals surface area contributed by atoms with Gasteiger partial charge in [0, 0.05) is 37.0 Å². The molecule has 1 aliphatic rings. The first-order chi connectivity index (χ1) is 20.5. The van der Waals surface area contributed by atoms with Gasteiger partial charge in [0.05, 0.1) is 16.5 Å². The molecule has 0 spiro atoms. The van der Waals surface area contributed by atoms with Gasteiger partial charge in [0.2, 0.25) is 0 Å². The van der Waals surface area contributed by atoms with E-state index in [1.807, 2.05) is 30.3 Å². The van der Waals surface area contributed by atoms with E-state index in [0.717, 1.165) is 36.1 Å². The van der Waals surface area contributed by atoms with Gasteiger partial charge in [-0.3, -0.25) is 24.2 Å². The number of carbonyl (C=O) groups is 2. The third-order valence-corrected chi connectivity index (χ3v) is 8.66. The number of para-hydroxylation sites is 1. The van der Waals surface area contributed by atoms with Crippen LogP contribution in [0.25, 0.3) is 16.7 Å². The van der Waals surface area contributed by atoms with Crippen molar-refractivity contribution in [2.24, 2.45) is 0 Å². The minimum absolute atomic E-state index is 0.0236. The van der Waals surface area contributed by atoms with E-state index in [2.05, 4.69) is 15.6 Å². The smallest absolute Gasteiger partial charge is 0.267 e. The Bertz CT molecular complexity index is 1940. The molecular formula is C31H30N6O4S. The van der Waals surface area contributed by atoms with Gasteiger partial charge in [-0.15, -0.1) is 11.3 Å². The number of hydrogen-bond donors (Lipinski definition) is 3. The Kier molecular flexibility index (Phi) is 7.68. The zero-order valence-electron chi connectivity index (χ0n) is 23.1. The lowest BCUT2D eigenvalue weighted by atomic mass is 9.95. The molecule has 42 heavy (non-hydrogen) atoms. The van der Waals surface area contributed by atoms with E-state index < -0.39 is 5.91 Å². The third-order valence-electron chi connectivity index (χ3n) is 7.45. The van der Waals surface area contributed by atoms with Crippen molar-refractivity contribution in [2.75, 3.05) is 24.4 Å². The molecule has 0 radical (unpaired) electrons. The second-order valence-electron chi connectivity index (χ2n) is 10.2. The highest BCUT2D eigenvalue weighted by atomic mass is 32.1. The summed E-state index contributed by atoms with van der Waals surface area (Å²) >= 11 is 1.40. The fourth-order valence-electron chi connectivity index (χ4n) is 5.42. The Morgan fingerprint density at radius 2 is 1.83 bits per heavy atom. The quantitative estimate of drug-likeness (QED) is 0.182. The Labute approximate surface area is 245 Å². The van der Waals surface area contributed by atoms with Gasteiger partial charge >= 0.3 is 0 Å². The number of rotatable bonds is 8. The van der Waals surface area contributed by atoms with Gasteiger partial charge in [-0.1, -0.05) is 24.3 Å². The van der Waals surface area contributed by atoms with E-state index in [9.17, 15) is 14.4 Å². The zero-order valence-corrected chi connectivity index (χ0v) is 23.9. The van der Waals surface area contributed by atoms with Crippen LogP contribution in [0.5, 0.6) is 0 Å². The number of carbonyl (C=O) groups excluding carboxylic acids is 2. The van der Waals surface area contributed by atoms with Gasteiger partial charge < -0.3 is 19.9 Å². The number of benzene rings is 1. The van der Waals surface area contributed by atoms with Crippen molar-refractivity contribution in [3.8, 4) is 0 Å². The summed E-state index contributed by atoms with van der Waals surface area (Å²) in [5.74, 6) is -0.851. The van der Waals surface area contributed by atoms with Crippen molar-refractivity contribution in [1.29, 1.82) is 5.41 Å². The van der Waals surface area contributed by atoms with E-state index in [1.165, 1.54) is 21.8 Å². The van der Waals surface area contributed by atoms with Gasteiger partial charge in [0.1, 0.15) is 21.8 Å². The standard InChI is InChI=1S/C31H30N6O4S/c1-41-17-9-16-37-26(32)21(18-22-27(37)34-24-14-7-8-15-36(24)31(22)40)28(38)35-30-25(20-12-5-6-13-23(20)42-30)29(39)33-19-10-3-2-4-11-19/h2-4,7-8,10-11,14-15,18,32H,5-6,9,12-13,16-17H2,1H3,(H,33,39)(H,35,38). The molecule has 1 aliphatic carbocycles. The molecule has 3 N–H and O–H groups in total. The number of fused-ring (bicyclic) bond motifs is 3. The summed E-state index contributed by atoms with van der Waals surface area (Å²) in [6, 6.07) is 15.9. The number of hydrogen-bond acceptors (Lipinski definition) is 7.